The smallest absolute Gasteiger partial charge is 0.240 e. The summed E-state index contributed by atoms with van der Waals surface area (Å²) >= 11 is 6.54. The quantitative estimate of drug-likeness (QED) is 0.456. The van der Waals surface area contributed by atoms with Crippen LogP contribution in [0.3, 0.4) is 0 Å². The average Bonchev–Trinajstić information content (AvgIpc) is 3.43. The lowest BCUT2D eigenvalue weighted by atomic mass is 9.47. The third kappa shape index (κ3) is 3.35. The van der Waals surface area contributed by atoms with Gasteiger partial charge in [0.1, 0.15) is 0 Å². The average molecular weight is 491 g/mol. The van der Waals surface area contributed by atoms with Gasteiger partial charge in [0, 0.05) is 30.4 Å². The number of carbonyl (C=O) groups excluding carboxylic acids is 2. The van der Waals surface area contributed by atoms with E-state index in [4.69, 9.17) is 16.7 Å². The van der Waals surface area contributed by atoms with Crippen LogP contribution in [0, 0.1) is 34.5 Å². The van der Waals surface area contributed by atoms with Gasteiger partial charge in [0.05, 0.1) is 11.1 Å². The van der Waals surface area contributed by atoms with Crippen LogP contribution in [0.15, 0.2) is 58.2 Å². The number of fused-ring (bicyclic) bond motifs is 5. The number of hydrazone groups is 1. The first-order chi connectivity index (χ1) is 16.7. The molecular weight excluding hydrogens is 456 g/mol. The van der Waals surface area contributed by atoms with E-state index in [-0.39, 0.29) is 28.6 Å². The van der Waals surface area contributed by atoms with Crippen LogP contribution in [-0.2, 0) is 9.59 Å². The van der Waals surface area contributed by atoms with Gasteiger partial charge in [0.15, 0.2) is 5.78 Å². The molecule has 184 valence electrons. The second-order valence-electron chi connectivity index (χ2n) is 11.9. The van der Waals surface area contributed by atoms with Crippen LogP contribution >= 0.6 is 11.6 Å². The van der Waals surface area contributed by atoms with E-state index >= 15 is 0 Å². The molecule has 0 saturated heterocycles. The Labute approximate surface area is 213 Å². The number of ketones is 1. The molecule has 3 saturated carbocycles. The number of amides is 1. The fourth-order valence-electron chi connectivity index (χ4n) is 8.80. The number of allylic oxidation sites excluding steroid dienone is 4. The number of halogens is 1. The zero-order valence-electron chi connectivity index (χ0n) is 21.0. The van der Waals surface area contributed by atoms with Crippen molar-refractivity contribution in [3.63, 3.8) is 0 Å². The van der Waals surface area contributed by atoms with Crippen molar-refractivity contribution in [3.05, 3.63) is 58.7 Å². The highest BCUT2D eigenvalue weighted by atomic mass is 35.5. The van der Waals surface area contributed by atoms with Crippen LogP contribution in [0.1, 0.15) is 77.3 Å². The Hall–Kier alpha value is -2.20. The SMILES string of the molecule is CC(=O)N1N=C([C@H]2CC[C@H]3[C@@H]4CCC5=C(Cl)C(=O)C=C[C@]5(C)[C@H]4CC[C@]23C)CC1c1ccccc1. The van der Waals surface area contributed by atoms with Crippen molar-refractivity contribution in [3.8, 4) is 0 Å². The van der Waals surface area contributed by atoms with Crippen LogP contribution in [-0.4, -0.2) is 22.4 Å². The number of nitrogens with zero attached hydrogens (tertiary/aromatic N) is 2. The summed E-state index contributed by atoms with van der Waals surface area (Å²) in [6.07, 6.45) is 11.5. The molecule has 1 aromatic carbocycles. The highest BCUT2D eigenvalue weighted by Crippen LogP contribution is 2.67. The van der Waals surface area contributed by atoms with E-state index in [0.29, 0.717) is 28.7 Å². The Morgan fingerprint density at radius 3 is 2.60 bits per heavy atom. The first-order valence-electron chi connectivity index (χ1n) is 13.3. The molecule has 7 atom stereocenters. The maximum atomic E-state index is 12.5. The first-order valence-corrected chi connectivity index (χ1v) is 13.7. The molecule has 0 aromatic heterocycles. The predicted octanol–water partition coefficient (Wildman–Crippen LogP) is 6.83. The van der Waals surface area contributed by atoms with Crippen molar-refractivity contribution >= 4 is 29.0 Å². The molecule has 6 rings (SSSR count). The first kappa shape index (κ1) is 23.2. The topological polar surface area (TPSA) is 49.7 Å². The summed E-state index contributed by atoms with van der Waals surface area (Å²) in [4.78, 5) is 24.8. The van der Waals surface area contributed by atoms with Crippen molar-refractivity contribution < 1.29 is 9.59 Å². The maximum Gasteiger partial charge on any atom is 0.240 e. The molecular formula is C30H35ClN2O2. The van der Waals surface area contributed by atoms with Gasteiger partial charge in [-0.15, -0.1) is 0 Å². The maximum absolute atomic E-state index is 12.5. The van der Waals surface area contributed by atoms with E-state index in [1.807, 2.05) is 18.2 Å². The molecule has 1 amide bonds. The highest BCUT2D eigenvalue weighted by molar-refractivity contribution is 6.45. The summed E-state index contributed by atoms with van der Waals surface area (Å²) in [5, 5.41) is 7.20. The third-order valence-corrected chi connectivity index (χ3v) is 10.9. The fraction of sp³-hybridized carbons (Fsp3) is 0.567. The molecule has 5 heteroatoms. The fourth-order valence-corrected chi connectivity index (χ4v) is 9.16. The molecule has 1 aromatic rings. The van der Waals surface area contributed by atoms with Crippen LogP contribution in [0.25, 0.3) is 0 Å². The van der Waals surface area contributed by atoms with Crippen molar-refractivity contribution in [2.45, 2.75) is 71.8 Å². The van der Waals surface area contributed by atoms with Crippen LogP contribution < -0.4 is 0 Å². The molecule has 0 spiro atoms. The second-order valence-corrected chi connectivity index (χ2v) is 12.3. The summed E-state index contributed by atoms with van der Waals surface area (Å²) in [5.74, 6) is 2.26. The molecule has 0 N–H and O–H groups in total. The zero-order valence-corrected chi connectivity index (χ0v) is 21.7. The molecule has 0 radical (unpaired) electrons. The van der Waals surface area contributed by atoms with E-state index in [1.165, 1.54) is 29.7 Å². The van der Waals surface area contributed by atoms with Gasteiger partial charge < -0.3 is 0 Å². The molecule has 1 aliphatic heterocycles. The van der Waals surface area contributed by atoms with Gasteiger partial charge in [-0.1, -0.05) is 61.9 Å². The molecule has 1 unspecified atom stereocenters. The summed E-state index contributed by atoms with van der Waals surface area (Å²) in [6, 6.07) is 10.4. The summed E-state index contributed by atoms with van der Waals surface area (Å²) in [7, 11) is 0. The lowest BCUT2D eigenvalue weighted by Gasteiger charge is -2.57. The van der Waals surface area contributed by atoms with E-state index in [2.05, 4.69) is 32.1 Å². The Bertz CT molecular complexity index is 1170. The van der Waals surface area contributed by atoms with E-state index in [1.54, 1.807) is 18.0 Å². The van der Waals surface area contributed by atoms with Gasteiger partial charge in [-0.25, -0.2) is 5.01 Å². The summed E-state index contributed by atoms with van der Waals surface area (Å²) in [5.41, 5.74) is 3.69. The minimum absolute atomic E-state index is 0.0102. The number of carbonyl (C=O) groups is 2. The molecule has 4 nitrogen and oxygen atoms in total. The van der Waals surface area contributed by atoms with Crippen molar-refractivity contribution in [2.24, 2.45) is 39.6 Å². The van der Waals surface area contributed by atoms with Gasteiger partial charge in [-0.3, -0.25) is 9.59 Å². The van der Waals surface area contributed by atoms with Gasteiger partial charge in [0.2, 0.25) is 5.91 Å². The standard InChI is InChI=1S/C30H35ClN2O2/c1-18(34)33-26(19-7-5-4-6-8-19)17-25(32-33)23-12-11-21-20-9-10-24-28(31)27(35)14-16-30(24,3)22(20)13-15-29(21,23)2/h4-8,14,16,20-23,26H,9-13,15,17H2,1-3H3/t20-,21-,22-,23+,26?,29-,30+/m0/s1. The lowest BCUT2D eigenvalue weighted by Crippen LogP contribution is -2.50. The van der Waals surface area contributed by atoms with Crippen molar-refractivity contribution in [1.82, 2.24) is 5.01 Å². The zero-order chi connectivity index (χ0) is 24.5. The van der Waals surface area contributed by atoms with Gasteiger partial charge in [0.25, 0.3) is 0 Å². The Kier molecular flexibility index (Phi) is 5.41. The normalized spacial score (nSPS) is 40.3. The molecule has 3 fully saturated rings. The molecule has 1 heterocycles. The minimum atomic E-state index is -0.0952. The summed E-state index contributed by atoms with van der Waals surface area (Å²) in [6.45, 7) is 6.45. The Balaban J connectivity index is 1.28. The predicted molar refractivity (Wildman–Crippen MR) is 139 cm³/mol. The van der Waals surface area contributed by atoms with Crippen LogP contribution in [0.2, 0.25) is 0 Å². The largest absolute Gasteiger partial charge is 0.288 e. The van der Waals surface area contributed by atoms with Gasteiger partial charge >= 0.3 is 0 Å². The highest BCUT2D eigenvalue weighted by Gasteiger charge is 2.60. The summed E-state index contributed by atoms with van der Waals surface area (Å²) < 4.78 is 0. The van der Waals surface area contributed by atoms with Crippen molar-refractivity contribution in [2.75, 3.05) is 0 Å². The number of hydrogen-bond acceptors (Lipinski definition) is 3. The lowest BCUT2D eigenvalue weighted by molar-refractivity contribution is -0.130. The van der Waals surface area contributed by atoms with E-state index in [9.17, 15) is 9.59 Å². The molecule has 5 aliphatic rings. The Morgan fingerprint density at radius 1 is 1.09 bits per heavy atom. The monoisotopic (exact) mass is 490 g/mol. The Morgan fingerprint density at radius 2 is 1.86 bits per heavy atom. The van der Waals surface area contributed by atoms with Crippen LogP contribution in [0.5, 0.6) is 0 Å². The van der Waals surface area contributed by atoms with Gasteiger partial charge in [-0.2, -0.15) is 5.10 Å². The van der Waals surface area contributed by atoms with E-state index in [0.717, 1.165) is 32.1 Å². The van der Waals surface area contributed by atoms with Crippen LogP contribution in [0.4, 0.5) is 0 Å². The second kappa shape index (κ2) is 8.16. The minimum Gasteiger partial charge on any atom is -0.288 e. The van der Waals surface area contributed by atoms with Gasteiger partial charge in [-0.05, 0) is 78.9 Å². The number of rotatable bonds is 2. The number of hydrogen-bond donors (Lipinski definition) is 0. The molecule has 4 aliphatic carbocycles. The molecule has 35 heavy (non-hydrogen) atoms. The molecule has 0 bridgehead atoms. The van der Waals surface area contributed by atoms with Crippen molar-refractivity contribution in [1.29, 1.82) is 0 Å². The third-order valence-electron chi connectivity index (χ3n) is 10.5. The number of benzene rings is 1. The van der Waals surface area contributed by atoms with E-state index < -0.39 is 0 Å².